The number of nitrogens with one attached hydrogen (secondary N) is 1. The first kappa shape index (κ1) is 15.3. The van der Waals surface area contributed by atoms with Crippen LogP contribution in [-0.2, 0) is 16.0 Å². The molecule has 24 heavy (non-hydrogen) atoms. The van der Waals surface area contributed by atoms with Gasteiger partial charge in [-0.3, -0.25) is 9.59 Å². The Morgan fingerprint density at radius 1 is 1.29 bits per heavy atom. The highest BCUT2D eigenvalue weighted by Gasteiger charge is 2.51. The zero-order valence-electron chi connectivity index (χ0n) is 13.3. The molecule has 2 aliphatic rings. The van der Waals surface area contributed by atoms with Gasteiger partial charge in [-0.05, 0) is 19.3 Å². The number of benzene rings is 1. The molecule has 0 bridgehead atoms. The molecule has 0 aliphatic carbocycles. The van der Waals surface area contributed by atoms with E-state index in [2.05, 4.69) is 10.3 Å². The van der Waals surface area contributed by atoms with Crippen LogP contribution in [0.3, 0.4) is 0 Å². The van der Waals surface area contributed by atoms with Gasteiger partial charge in [-0.2, -0.15) is 0 Å². The molecule has 2 aromatic rings. The van der Waals surface area contributed by atoms with Gasteiger partial charge >= 0.3 is 0 Å². The van der Waals surface area contributed by atoms with Crippen molar-refractivity contribution in [2.75, 3.05) is 13.1 Å². The molecule has 5 nitrogen and oxygen atoms in total. The quantitative estimate of drug-likeness (QED) is 0.931. The van der Waals surface area contributed by atoms with E-state index in [0.29, 0.717) is 13.1 Å². The van der Waals surface area contributed by atoms with Crippen LogP contribution in [0, 0.1) is 0 Å². The normalized spacial score (nSPS) is 23.0. The number of hydrogen-bond acceptors (Lipinski definition) is 4. The van der Waals surface area contributed by atoms with Crippen molar-refractivity contribution in [2.45, 2.75) is 31.2 Å². The van der Waals surface area contributed by atoms with Crippen molar-refractivity contribution in [3.05, 3.63) is 41.4 Å². The maximum atomic E-state index is 12.8. The largest absolute Gasteiger partial charge is 0.354 e. The minimum absolute atomic E-state index is 0.00876. The van der Waals surface area contributed by atoms with Gasteiger partial charge in [-0.15, -0.1) is 11.3 Å². The zero-order valence-corrected chi connectivity index (χ0v) is 14.1. The van der Waals surface area contributed by atoms with Gasteiger partial charge in [-0.1, -0.05) is 30.3 Å². The maximum Gasteiger partial charge on any atom is 0.246 e. The fourth-order valence-electron chi connectivity index (χ4n) is 3.75. The number of carbonyl (C=O) groups is 2. The van der Waals surface area contributed by atoms with Crippen molar-refractivity contribution in [2.24, 2.45) is 0 Å². The number of likely N-dealkylation sites (tertiary alicyclic amines) is 1. The van der Waals surface area contributed by atoms with E-state index in [-0.39, 0.29) is 18.2 Å². The van der Waals surface area contributed by atoms with Gasteiger partial charge in [0.15, 0.2) is 0 Å². The van der Waals surface area contributed by atoms with Gasteiger partial charge in [0, 0.05) is 24.0 Å². The second-order valence-corrected chi connectivity index (χ2v) is 7.23. The Kier molecular flexibility index (Phi) is 3.84. The van der Waals surface area contributed by atoms with Crippen molar-refractivity contribution in [3.8, 4) is 10.6 Å². The van der Waals surface area contributed by atoms with Gasteiger partial charge in [0.25, 0.3) is 0 Å². The first-order valence-corrected chi connectivity index (χ1v) is 9.16. The zero-order chi connectivity index (χ0) is 16.6. The summed E-state index contributed by atoms with van der Waals surface area (Å²) in [6, 6.07) is 9.97. The Labute approximate surface area is 144 Å². The summed E-state index contributed by atoms with van der Waals surface area (Å²) in [7, 11) is 0. The van der Waals surface area contributed by atoms with E-state index in [4.69, 9.17) is 0 Å². The molecule has 4 rings (SSSR count). The van der Waals surface area contributed by atoms with Crippen LogP contribution >= 0.6 is 11.3 Å². The SMILES string of the molecule is O=C(Cc1csc(-c2ccccc2)n1)N1CCC[C@@]12CCNC2=O. The fourth-order valence-corrected chi connectivity index (χ4v) is 4.58. The highest BCUT2D eigenvalue weighted by molar-refractivity contribution is 7.13. The lowest BCUT2D eigenvalue weighted by molar-refractivity contribution is -0.142. The van der Waals surface area contributed by atoms with Crippen LogP contribution in [0.25, 0.3) is 10.6 Å². The average Bonchev–Trinajstić information content (AvgIpc) is 3.31. The van der Waals surface area contributed by atoms with E-state index in [9.17, 15) is 9.59 Å². The second kappa shape index (κ2) is 6.02. The Bertz CT molecular complexity index is 770. The molecule has 1 N–H and O–H groups in total. The minimum atomic E-state index is -0.602. The molecule has 0 unspecified atom stereocenters. The third-order valence-corrected chi connectivity index (χ3v) is 5.88. The van der Waals surface area contributed by atoms with Crippen LogP contribution in [0.15, 0.2) is 35.7 Å². The molecule has 2 amide bonds. The summed E-state index contributed by atoms with van der Waals surface area (Å²) in [4.78, 5) is 31.4. The summed E-state index contributed by atoms with van der Waals surface area (Å²) in [5.41, 5.74) is 1.24. The lowest BCUT2D eigenvalue weighted by atomic mass is 9.94. The molecule has 0 radical (unpaired) electrons. The van der Waals surface area contributed by atoms with E-state index in [1.54, 1.807) is 16.2 Å². The van der Waals surface area contributed by atoms with Crippen molar-refractivity contribution in [3.63, 3.8) is 0 Å². The number of thiazole rings is 1. The van der Waals surface area contributed by atoms with Crippen LogP contribution in [0.5, 0.6) is 0 Å². The number of carbonyl (C=O) groups excluding carboxylic acids is 2. The molecule has 1 atom stereocenters. The fraction of sp³-hybridized carbons (Fsp3) is 0.389. The summed E-state index contributed by atoms with van der Waals surface area (Å²) < 4.78 is 0. The molecule has 1 aromatic carbocycles. The van der Waals surface area contributed by atoms with E-state index < -0.39 is 5.54 Å². The van der Waals surface area contributed by atoms with Crippen LogP contribution in [0.4, 0.5) is 0 Å². The predicted molar refractivity (Wildman–Crippen MR) is 92.6 cm³/mol. The lowest BCUT2D eigenvalue weighted by Crippen LogP contribution is -2.52. The smallest absolute Gasteiger partial charge is 0.246 e. The van der Waals surface area contributed by atoms with Gasteiger partial charge in [0.05, 0.1) is 12.1 Å². The maximum absolute atomic E-state index is 12.8. The summed E-state index contributed by atoms with van der Waals surface area (Å²) in [6.45, 7) is 1.33. The molecule has 6 heteroatoms. The van der Waals surface area contributed by atoms with Crippen LogP contribution < -0.4 is 5.32 Å². The van der Waals surface area contributed by atoms with E-state index >= 15 is 0 Å². The predicted octanol–water partition coefficient (Wildman–Crippen LogP) is 2.23. The third kappa shape index (κ3) is 2.51. The van der Waals surface area contributed by atoms with E-state index in [1.165, 1.54) is 0 Å². The molecular formula is C18H19N3O2S. The first-order chi connectivity index (χ1) is 11.7. The molecular weight excluding hydrogens is 322 g/mol. The van der Waals surface area contributed by atoms with Crippen LogP contribution in [-0.4, -0.2) is 40.3 Å². The van der Waals surface area contributed by atoms with Gasteiger partial charge in [-0.25, -0.2) is 4.98 Å². The Morgan fingerprint density at radius 3 is 2.88 bits per heavy atom. The summed E-state index contributed by atoms with van der Waals surface area (Å²) in [5, 5.41) is 5.75. The number of rotatable bonds is 3. The first-order valence-electron chi connectivity index (χ1n) is 8.28. The second-order valence-electron chi connectivity index (χ2n) is 6.37. The summed E-state index contributed by atoms with van der Waals surface area (Å²) in [5.74, 6) is 0.0195. The number of aromatic nitrogens is 1. The Balaban J connectivity index is 1.51. The van der Waals surface area contributed by atoms with Gasteiger partial charge in [0.1, 0.15) is 10.5 Å². The number of amides is 2. The van der Waals surface area contributed by atoms with Crippen molar-refractivity contribution < 1.29 is 9.59 Å². The monoisotopic (exact) mass is 341 g/mol. The summed E-state index contributed by atoms with van der Waals surface area (Å²) >= 11 is 1.55. The Morgan fingerprint density at radius 2 is 2.12 bits per heavy atom. The standard InChI is InChI=1S/C18H19N3O2S/c22-15(21-10-4-7-18(21)8-9-19-17(18)23)11-14-12-24-16(20-14)13-5-2-1-3-6-13/h1-3,5-6,12H,4,7-11H2,(H,19,23)/t18-/m0/s1. The molecule has 2 fully saturated rings. The molecule has 1 aromatic heterocycles. The van der Waals surface area contributed by atoms with Crippen LogP contribution in [0.1, 0.15) is 25.0 Å². The molecule has 2 aliphatic heterocycles. The number of hydrogen-bond donors (Lipinski definition) is 1. The molecule has 3 heterocycles. The molecule has 0 saturated carbocycles. The minimum Gasteiger partial charge on any atom is -0.354 e. The summed E-state index contributed by atoms with van der Waals surface area (Å²) in [6.07, 6.45) is 2.66. The van der Waals surface area contributed by atoms with Gasteiger partial charge in [0.2, 0.25) is 11.8 Å². The Hall–Kier alpha value is -2.21. The van der Waals surface area contributed by atoms with E-state index in [1.807, 2.05) is 35.7 Å². The number of nitrogens with zero attached hydrogens (tertiary/aromatic N) is 2. The molecule has 124 valence electrons. The average molecular weight is 341 g/mol. The highest BCUT2D eigenvalue weighted by atomic mass is 32.1. The van der Waals surface area contributed by atoms with Crippen molar-refractivity contribution in [1.82, 2.24) is 15.2 Å². The highest BCUT2D eigenvalue weighted by Crippen LogP contribution is 2.36. The lowest BCUT2D eigenvalue weighted by Gasteiger charge is -2.32. The van der Waals surface area contributed by atoms with Crippen LogP contribution in [0.2, 0.25) is 0 Å². The molecule has 2 saturated heterocycles. The third-order valence-electron chi connectivity index (χ3n) is 4.94. The van der Waals surface area contributed by atoms with Crippen molar-refractivity contribution in [1.29, 1.82) is 0 Å². The van der Waals surface area contributed by atoms with E-state index in [0.717, 1.165) is 35.5 Å². The topological polar surface area (TPSA) is 62.3 Å². The molecule has 1 spiro atoms. The van der Waals surface area contributed by atoms with Crippen molar-refractivity contribution >= 4 is 23.2 Å². The van der Waals surface area contributed by atoms with Gasteiger partial charge < -0.3 is 10.2 Å².